The quantitative estimate of drug-likeness (QED) is 0.739. The van der Waals surface area contributed by atoms with E-state index in [-0.39, 0.29) is 0 Å². The summed E-state index contributed by atoms with van der Waals surface area (Å²) in [5, 5.41) is 2.35. The molecule has 0 aliphatic heterocycles. The van der Waals surface area contributed by atoms with E-state index < -0.39 is 0 Å². The van der Waals surface area contributed by atoms with E-state index in [0.717, 1.165) is 4.88 Å². The Morgan fingerprint density at radius 2 is 2.29 bits per heavy atom. The smallest absolute Gasteiger partial charge is 0.218 e. The standard InChI is InChI=1S/C9H7ClN2OS/c1-13-8-5-7(10)11-9(12-8)6-3-2-4-14-6/h2-5H,1H3. The highest BCUT2D eigenvalue weighted by Crippen LogP contribution is 2.24. The molecule has 0 bridgehead atoms. The van der Waals surface area contributed by atoms with E-state index in [1.165, 1.54) is 0 Å². The van der Waals surface area contributed by atoms with Crippen LogP contribution in [0.3, 0.4) is 0 Å². The Kier molecular flexibility index (Phi) is 2.65. The molecule has 2 aromatic rings. The Bertz CT molecular complexity index is 430. The summed E-state index contributed by atoms with van der Waals surface area (Å²) in [4.78, 5) is 9.27. The van der Waals surface area contributed by atoms with Crippen LogP contribution in [0.5, 0.6) is 5.88 Å². The maximum atomic E-state index is 5.82. The molecule has 0 saturated heterocycles. The molecule has 14 heavy (non-hydrogen) atoms. The molecule has 0 atom stereocenters. The van der Waals surface area contributed by atoms with Gasteiger partial charge in [-0.2, -0.15) is 4.98 Å². The molecule has 5 heteroatoms. The fraction of sp³-hybridized carbons (Fsp3) is 0.111. The lowest BCUT2D eigenvalue weighted by Crippen LogP contribution is -1.92. The molecule has 0 aliphatic rings. The number of nitrogens with zero attached hydrogens (tertiary/aromatic N) is 2. The Morgan fingerprint density at radius 1 is 1.43 bits per heavy atom. The predicted octanol–water partition coefficient (Wildman–Crippen LogP) is 2.87. The van der Waals surface area contributed by atoms with Crippen LogP contribution in [-0.4, -0.2) is 17.1 Å². The lowest BCUT2D eigenvalue weighted by molar-refractivity contribution is 0.397. The molecule has 0 spiro atoms. The van der Waals surface area contributed by atoms with Crippen molar-refractivity contribution in [1.82, 2.24) is 9.97 Å². The van der Waals surface area contributed by atoms with Gasteiger partial charge in [0.05, 0.1) is 12.0 Å². The molecule has 0 saturated carbocycles. The predicted molar refractivity (Wildman–Crippen MR) is 56.9 cm³/mol. The van der Waals surface area contributed by atoms with Crippen LogP contribution < -0.4 is 4.74 Å². The second-order valence-corrected chi connectivity index (χ2v) is 3.87. The summed E-state index contributed by atoms with van der Waals surface area (Å²) in [6.07, 6.45) is 0. The number of ether oxygens (including phenoxy) is 1. The van der Waals surface area contributed by atoms with Gasteiger partial charge in [0, 0.05) is 6.07 Å². The van der Waals surface area contributed by atoms with Crippen LogP contribution in [-0.2, 0) is 0 Å². The molecular formula is C9H7ClN2OS. The third-order valence-corrected chi connectivity index (χ3v) is 2.68. The molecule has 0 aliphatic carbocycles. The molecule has 0 N–H and O–H groups in total. The number of methoxy groups -OCH3 is 1. The van der Waals surface area contributed by atoms with Crippen molar-refractivity contribution in [2.45, 2.75) is 0 Å². The second kappa shape index (κ2) is 3.94. The van der Waals surface area contributed by atoms with Crippen molar-refractivity contribution >= 4 is 22.9 Å². The summed E-state index contributed by atoms with van der Waals surface area (Å²) in [5.41, 5.74) is 0. The molecule has 0 fully saturated rings. The fourth-order valence-corrected chi connectivity index (χ4v) is 1.85. The summed E-state index contributed by atoms with van der Waals surface area (Å²) in [6, 6.07) is 5.46. The topological polar surface area (TPSA) is 35.0 Å². The van der Waals surface area contributed by atoms with Crippen LogP contribution in [0.25, 0.3) is 10.7 Å². The van der Waals surface area contributed by atoms with Crippen molar-refractivity contribution in [2.75, 3.05) is 7.11 Å². The number of halogens is 1. The van der Waals surface area contributed by atoms with Crippen LogP contribution in [0.15, 0.2) is 23.6 Å². The van der Waals surface area contributed by atoms with Gasteiger partial charge in [0.1, 0.15) is 5.15 Å². The highest BCUT2D eigenvalue weighted by molar-refractivity contribution is 7.13. The van der Waals surface area contributed by atoms with Crippen molar-refractivity contribution < 1.29 is 4.74 Å². The van der Waals surface area contributed by atoms with Gasteiger partial charge in [-0.1, -0.05) is 17.7 Å². The van der Waals surface area contributed by atoms with Crippen LogP contribution in [0.2, 0.25) is 5.15 Å². The van der Waals surface area contributed by atoms with Crippen LogP contribution in [0, 0.1) is 0 Å². The zero-order chi connectivity index (χ0) is 9.97. The third kappa shape index (κ3) is 1.86. The number of rotatable bonds is 2. The lowest BCUT2D eigenvalue weighted by atomic mass is 10.4. The molecule has 72 valence electrons. The first-order valence-electron chi connectivity index (χ1n) is 3.92. The summed E-state index contributed by atoms with van der Waals surface area (Å²) < 4.78 is 5.00. The van der Waals surface area contributed by atoms with Gasteiger partial charge in [0.2, 0.25) is 5.88 Å². The number of thiophene rings is 1. The van der Waals surface area contributed by atoms with Crippen molar-refractivity contribution in [2.24, 2.45) is 0 Å². The van der Waals surface area contributed by atoms with E-state index in [1.54, 1.807) is 24.5 Å². The van der Waals surface area contributed by atoms with E-state index in [1.807, 2.05) is 17.5 Å². The summed E-state index contributed by atoms with van der Waals surface area (Å²) in [5.74, 6) is 1.08. The molecular weight excluding hydrogens is 220 g/mol. The van der Waals surface area contributed by atoms with Crippen LogP contribution in [0.4, 0.5) is 0 Å². The highest BCUT2D eigenvalue weighted by atomic mass is 35.5. The number of hydrogen-bond acceptors (Lipinski definition) is 4. The van der Waals surface area contributed by atoms with E-state index in [4.69, 9.17) is 16.3 Å². The minimum absolute atomic E-state index is 0.389. The molecule has 2 aromatic heterocycles. The molecule has 3 nitrogen and oxygen atoms in total. The van der Waals surface area contributed by atoms with Gasteiger partial charge in [-0.3, -0.25) is 0 Å². The average molecular weight is 227 g/mol. The minimum Gasteiger partial charge on any atom is -0.481 e. The Morgan fingerprint density at radius 3 is 2.93 bits per heavy atom. The molecule has 0 unspecified atom stereocenters. The Hall–Kier alpha value is -1.13. The van der Waals surface area contributed by atoms with Gasteiger partial charge in [0.25, 0.3) is 0 Å². The minimum atomic E-state index is 0.389. The third-order valence-electron chi connectivity index (χ3n) is 1.62. The second-order valence-electron chi connectivity index (χ2n) is 2.53. The van der Waals surface area contributed by atoms with E-state index in [2.05, 4.69) is 9.97 Å². The zero-order valence-corrected chi connectivity index (χ0v) is 8.97. The average Bonchev–Trinajstić information content (AvgIpc) is 2.69. The number of aromatic nitrogens is 2. The summed E-state index contributed by atoms with van der Waals surface area (Å²) >= 11 is 7.38. The van der Waals surface area contributed by atoms with Crippen molar-refractivity contribution in [3.05, 3.63) is 28.7 Å². The van der Waals surface area contributed by atoms with Crippen LogP contribution in [0.1, 0.15) is 0 Å². The van der Waals surface area contributed by atoms with Crippen molar-refractivity contribution in [3.8, 4) is 16.6 Å². The first-order chi connectivity index (χ1) is 6.79. The van der Waals surface area contributed by atoms with E-state index in [0.29, 0.717) is 16.9 Å². The monoisotopic (exact) mass is 226 g/mol. The van der Waals surface area contributed by atoms with Gasteiger partial charge in [0.15, 0.2) is 5.82 Å². The molecule has 2 heterocycles. The molecule has 2 rings (SSSR count). The van der Waals surface area contributed by atoms with E-state index in [9.17, 15) is 0 Å². The van der Waals surface area contributed by atoms with Crippen molar-refractivity contribution in [1.29, 1.82) is 0 Å². The maximum Gasteiger partial charge on any atom is 0.218 e. The van der Waals surface area contributed by atoms with Gasteiger partial charge in [-0.25, -0.2) is 4.98 Å². The first kappa shape index (κ1) is 9.43. The SMILES string of the molecule is COc1cc(Cl)nc(-c2cccs2)n1. The van der Waals surface area contributed by atoms with Crippen molar-refractivity contribution in [3.63, 3.8) is 0 Å². The zero-order valence-electron chi connectivity index (χ0n) is 7.40. The molecule has 0 aromatic carbocycles. The molecule has 0 amide bonds. The van der Waals surface area contributed by atoms with Gasteiger partial charge in [-0.15, -0.1) is 11.3 Å². The highest BCUT2D eigenvalue weighted by Gasteiger charge is 2.06. The maximum absolute atomic E-state index is 5.82. The normalized spacial score (nSPS) is 10.1. The Labute approximate surface area is 90.3 Å². The largest absolute Gasteiger partial charge is 0.481 e. The summed E-state index contributed by atoms with van der Waals surface area (Å²) in [6.45, 7) is 0. The lowest BCUT2D eigenvalue weighted by Gasteiger charge is -2.01. The van der Waals surface area contributed by atoms with Crippen LogP contribution >= 0.6 is 22.9 Å². The fourth-order valence-electron chi connectivity index (χ4n) is 1.02. The Balaban J connectivity index is 2.48. The first-order valence-corrected chi connectivity index (χ1v) is 5.18. The number of hydrogen-bond donors (Lipinski definition) is 0. The van der Waals surface area contributed by atoms with E-state index >= 15 is 0 Å². The molecule has 0 radical (unpaired) electrons. The summed E-state index contributed by atoms with van der Waals surface area (Å²) in [7, 11) is 1.55. The van der Waals surface area contributed by atoms with Gasteiger partial charge < -0.3 is 4.74 Å². The van der Waals surface area contributed by atoms with Gasteiger partial charge >= 0.3 is 0 Å². The van der Waals surface area contributed by atoms with Gasteiger partial charge in [-0.05, 0) is 11.4 Å².